The monoisotopic (exact) mass is 335 g/mol. The van der Waals surface area contributed by atoms with Gasteiger partial charge in [-0.2, -0.15) is 0 Å². The summed E-state index contributed by atoms with van der Waals surface area (Å²) in [6.45, 7) is 3.27. The molecule has 20 heavy (non-hydrogen) atoms. The molecule has 3 heteroatoms. The molecular weight excluding hydrogens is 314 g/mol. The Kier molecular flexibility index (Phi) is 4.47. The Bertz CT molecular complexity index is 571. The Labute approximate surface area is 129 Å². The van der Waals surface area contributed by atoms with Gasteiger partial charge in [-0.05, 0) is 59.8 Å². The van der Waals surface area contributed by atoms with E-state index in [1.807, 2.05) is 6.07 Å². The molecule has 1 N–H and O–H groups in total. The van der Waals surface area contributed by atoms with Crippen LogP contribution in [-0.4, -0.2) is 6.54 Å². The lowest BCUT2D eigenvalue weighted by Crippen LogP contribution is -2.27. The lowest BCUT2D eigenvalue weighted by atomic mass is 9.95. The summed E-state index contributed by atoms with van der Waals surface area (Å²) >= 11 is 3.58. The zero-order valence-corrected chi connectivity index (χ0v) is 13.6. The molecule has 2 aromatic rings. The molecule has 2 nitrogen and oxygen atoms in total. The molecule has 0 aliphatic heterocycles. The topological polar surface area (TPSA) is 25.2 Å². The molecule has 1 unspecified atom stereocenters. The maximum atomic E-state index is 6.16. The van der Waals surface area contributed by atoms with E-state index in [2.05, 4.69) is 46.4 Å². The van der Waals surface area contributed by atoms with Gasteiger partial charge in [0.25, 0.3) is 0 Å². The second-order valence-corrected chi connectivity index (χ2v) is 6.64. The third-order valence-corrected chi connectivity index (χ3v) is 4.93. The number of halogens is 1. The predicted octanol–water partition coefficient (Wildman–Crippen LogP) is 5.43. The number of para-hydroxylation sites is 1. The molecule has 0 saturated heterocycles. The maximum absolute atomic E-state index is 6.16. The minimum atomic E-state index is 0.372. The van der Waals surface area contributed by atoms with Crippen molar-refractivity contribution in [3.8, 4) is 0 Å². The van der Waals surface area contributed by atoms with Gasteiger partial charge in [-0.1, -0.05) is 31.9 Å². The second kappa shape index (κ2) is 6.31. The van der Waals surface area contributed by atoms with E-state index in [1.165, 1.54) is 31.1 Å². The Morgan fingerprint density at radius 2 is 2.15 bits per heavy atom. The van der Waals surface area contributed by atoms with Gasteiger partial charge in [0.05, 0.1) is 10.5 Å². The van der Waals surface area contributed by atoms with Gasteiger partial charge in [0.2, 0.25) is 0 Å². The first-order valence-electron chi connectivity index (χ1n) is 7.71. The summed E-state index contributed by atoms with van der Waals surface area (Å²) in [5.74, 6) is 1.83. The predicted molar refractivity (Wildman–Crippen MR) is 86.9 cm³/mol. The Morgan fingerprint density at radius 1 is 1.35 bits per heavy atom. The van der Waals surface area contributed by atoms with Gasteiger partial charge in [-0.15, -0.1) is 0 Å². The van der Waals surface area contributed by atoms with Gasteiger partial charge < -0.3 is 9.73 Å². The van der Waals surface area contributed by atoms with Gasteiger partial charge in [0.1, 0.15) is 11.3 Å². The van der Waals surface area contributed by atoms with Crippen LogP contribution < -0.4 is 5.32 Å². The summed E-state index contributed by atoms with van der Waals surface area (Å²) in [5, 5.41) is 4.89. The first-order chi connectivity index (χ1) is 9.79. The van der Waals surface area contributed by atoms with Crippen molar-refractivity contribution in [3.05, 3.63) is 34.5 Å². The van der Waals surface area contributed by atoms with E-state index >= 15 is 0 Å². The average molecular weight is 336 g/mol. The fourth-order valence-electron chi connectivity index (χ4n) is 3.29. The molecule has 1 atom stereocenters. The van der Waals surface area contributed by atoms with Gasteiger partial charge in [0, 0.05) is 5.39 Å². The highest BCUT2D eigenvalue weighted by atomic mass is 79.9. The van der Waals surface area contributed by atoms with Crippen LogP contribution in [0, 0.1) is 5.92 Å². The van der Waals surface area contributed by atoms with Gasteiger partial charge in [0.15, 0.2) is 0 Å². The molecule has 108 valence electrons. The lowest BCUT2D eigenvalue weighted by molar-refractivity contribution is 0.320. The van der Waals surface area contributed by atoms with E-state index in [1.54, 1.807) is 0 Å². The third-order valence-electron chi connectivity index (χ3n) is 4.31. The highest BCUT2D eigenvalue weighted by molar-refractivity contribution is 9.10. The van der Waals surface area contributed by atoms with Crippen molar-refractivity contribution in [1.29, 1.82) is 0 Å². The molecule has 1 saturated carbocycles. The molecule has 1 fully saturated rings. The van der Waals surface area contributed by atoms with Crippen LogP contribution in [0.4, 0.5) is 0 Å². The van der Waals surface area contributed by atoms with Crippen LogP contribution in [0.2, 0.25) is 0 Å². The quantitative estimate of drug-likeness (QED) is 0.788. The first-order valence-corrected chi connectivity index (χ1v) is 8.50. The van der Waals surface area contributed by atoms with E-state index in [4.69, 9.17) is 4.42 Å². The molecule has 1 aliphatic carbocycles. The molecule has 3 rings (SSSR count). The summed E-state index contributed by atoms with van der Waals surface area (Å²) in [4.78, 5) is 0. The summed E-state index contributed by atoms with van der Waals surface area (Å²) < 4.78 is 7.20. The fourth-order valence-corrected chi connectivity index (χ4v) is 3.75. The number of hydrogen-bond donors (Lipinski definition) is 1. The molecule has 1 aliphatic rings. The minimum Gasteiger partial charge on any atom is -0.458 e. The lowest BCUT2D eigenvalue weighted by Gasteiger charge is -2.22. The van der Waals surface area contributed by atoms with Crippen LogP contribution in [0.25, 0.3) is 11.0 Å². The summed E-state index contributed by atoms with van der Waals surface area (Å²) in [6, 6.07) is 8.82. The molecule has 0 radical (unpaired) electrons. The van der Waals surface area contributed by atoms with Crippen LogP contribution in [0.5, 0.6) is 0 Å². The van der Waals surface area contributed by atoms with Crippen LogP contribution >= 0.6 is 15.9 Å². The Balaban J connectivity index is 1.93. The number of nitrogens with one attached hydrogen (secondary N) is 1. The van der Waals surface area contributed by atoms with E-state index in [0.29, 0.717) is 6.04 Å². The van der Waals surface area contributed by atoms with Crippen molar-refractivity contribution in [3.63, 3.8) is 0 Å². The largest absolute Gasteiger partial charge is 0.458 e. The van der Waals surface area contributed by atoms with Crippen molar-refractivity contribution in [2.75, 3.05) is 6.54 Å². The standard InChI is InChI=1S/C17H22BrNO/c1-2-10-19-16(12-6-3-4-7-12)15-11-13-8-5-9-14(18)17(13)20-15/h5,8-9,11-12,16,19H,2-4,6-7,10H2,1H3. The molecule has 1 aromatic carbocycles. The number of rotatable bonds is 5. The maximum Gasteiger partial charge on any atom is 0.148 e. The smallest absolute Gasteiger partial charge is 0.148 e. The van der Waals surface area contributed by atoms with Gasteiger partial charge >= 0.3 is 0 Å². The fraction of sp³-hybridized carbons (Fsp3) is 0.529. The first kappa shape index (κ1) is 14.2. The van der Waals surface area contributed by atoms with Crippen molar-refractivity contribution in [2.45, 2.75) is 45.1 Å². The molecular formula is C17H22BrNO. The number of fused-ring (bicyclic) bond motifs is 1. The van der Waals surface area contributed by atoms with E-state index < -0.39 is 0 Å². The Morgan fingerprint density at radius 3 is 2.85 bits per heavy atom. The molecule has 0 spiro atoms. The SMILES string of the molecule is CCCNC(c1cc2cccc(Br)c2o1)C1CCCC1. The highest BCUT2D eigenvalue weighted by Gasteiger charge is 2.28. The Hall–Kier alpha value is -0.800. The second-order valence-electron chi connectivity index (χ2n) is 5.78. The molecule has 1 heterocycles. The van der Waals surface area contributed by atoms with Crippen LogP contribution in [-0.2, 0) is 0 Å². The van der Waals surface area contributed by atoms with Crippen LogP contribution in [0.3, 0.4) is 0 Å². The molecule has 0 amide bonds. The van der Waals surface area contributed by atoms with Gasteiger partial charge in [-0.25, -0.2) is 0 Å². The van der Waals surface area contributed by atoms with E-state index in [9.17, 15) is 0 Å². The zero-order chi connectivity index (χ0) is 13.9. The van der Waals surface area contributed by atoms with Crippen molar-refractivity contribution in [2.24, 2.45) is 5.92 Å². The van der Waals surface area contributed by atoms with Crippen LogP contribution in [0.1, 0.15) is 50.8 Å². The van der Waals surface area contributed by atoms with Crippen molar-refractivity contribution >= 4 is 26.9 Å². The average Bonchev–Trinajstić information content (AvgIpc) is 3.09. The summed E-state index contributed by atoms with van der Waals surface area (Å²) in [5.41, 5.74) is 0.976. The summed E-state index contributed by atoms with van der Waals surface area (Å²) in [6.07, 6.45) is 6.52. The van der Waals surface area contributed by atoms with E-state index in [-0.39, 0.29) is 0 Å². The summed E-state index contributed by atoms with van der Waals surface area (Å²) in [7, 11) is 0. The highest BCUT2D eigenvalue weighted by Crippen LogP contribution is 2.38. The van der Waals surface area contributed by atoms with Gasteiger partial charge in [-0.3, -0.25) is 0 Å². The van der Waals surface area contributed by atoms with Crippen molar-refractivity contribution in [1.82, 2.24) is 5.32 Å². The van der Waals surface area contributed by atoms with Crippen LogP contribution in [0.15, 0.2) is 33.2 Å². The van der Waals surface area contributed by atoms with Crippen molar-refractivity contribution < 1.29 is 4.42 Å². The number of hydrogen-bond acceptors (Lipinski definition) is 2. The zero-order valence-electron chi connectivity index (χ0n) is 12.0. The number of furan rings is 1. The minimum absolute atomic E-state index is 0.372. The normalized spacial score (nSPS) is 17.9. The van der Waals surface area contributed by atoms with E-state index in [0.717, 1.165) is 34.7 Å². The molecule has 1 aromatic heterocycles. The third kappa shape index (κ3) is 2.79. The molecule has 0 bridgehead atoms. The number of benzene rings is 1.